The Labute approximate surface area is 139 Å². The summed E-state index contributed by atoms with van der Waals surface area (Å²) in [6, 6.07) is 8.59. The van der Waals surface area contributed by atoms with E-state index in [0.717, 1.165) is 11.1 Å². The second-order valence-corrected chi connectivity index (χ2v) is 5.78. The second-order valence-electron chi connectivity index (χ2n) is 4.97. The Morgan fingerprint density at radius 1 is 1.18 bits per heavy atom. The number of hydrogen-bond acceptors (Lipinski definition) is 3. The van der Waals surface area contributed by atoms with E-state index in [1.807, 2.05) is 19.9 Å². The van der Waals surface area contributed by atoms with Crippen LogP contribution in [0.4, 0.5) is 11.4 Å². The van der Waals surface area contributed by atoms with E-state index in [1.165, 1.54) is 0 Å². The minimum Gasteiger partial charge on any atom is -0.482 e. The Morgan fingerprint density at radius 2 is 1.91 bits per heavy atom. The van der Waals surface area contributed by atoms with Crippen molar-refractivity contribution in [1.82, 2.24) is 0 Å². The van der Waals surface area contributed by atoms with Gasteiger partial charge in [0, 0.05) is 5.69 Å². The maximum Gasteiger partial charge on any atom is 0.262 e. The van der Waals surface area contributed by atoms with Crippen LogP contribution in [0.15, 0.2) is 30.3 Å². The third kappa shape index (κ3) is 4.06. The van der Waals surface area contributed by atoms with E-state index in [0.29, 0.717) is 27.2 Å². The first-order chi connectivity index (χ1) is 10.4. The predicted octanol–water partition coefficient (Wildman–Crippen LogP) is 4.21. The molecule has 4 nitrogen and oxygen atoms in total. The molecule has 2 rings (SSSR count). The molecular weight excluding hydrogens is 323 g/mol. The molecule has 2 aromatic carbocycles. The highest BCUT2D eigenvalue weighted by Gasteiger charge is 2.11. The molecule has 0 radical (unpaired) electrons. The van der Waals surface area contributed by atoms with Crippen LogP contribution in [0.25, 0.3) is 0 Å². The largest absolute Gasteiger partial charge is 0.482 e. The molecule has 0 fully saturated rings. The Bertz CT molecular complexity index is 694. The lowest BCUT2D eigenvalue weighted by molar-refractivity contribution is -0.118. The maximum absolute atomic E-state index is 11.9. The molecule has 2 aromatic rings. The Balaban J connectivity index is 2.02. The molecule has 0 aliphatic rings. The van der Waals surface area contributed by atoms with Crippen molar-refractivity contribution in [1.29, 1.82) is 0 Å². The summed E-state index contributed by atoms with van der Waals surface area (Å²) in [5.74, 6) is 0.175. The third-order valence-corrected chi connectivity index (χ3v) is 3.58. The van der Waals surface area contributed by atoms with Crippen LogP contribution in [0.2, 0.25) is 10.0 Å². The molecule has 0 atom stereocenters. The van der Waals surface area contributed by atoms with Gasteiger partial charge in [-0.1, -0.05) is 29.3 Å². The number of anilines is 2. The average molecular weight is 339 g/mol. The summed E-state index contributed by atoms with van der Waals surface area (Å²) in [4.78, 5) is 11.9. The van der Waals surface area contributed by atoms with Crippen LogP contribution in [0, 0.1) is 13.8 Å². The zero-order valence-electron chi connectivity index (χ0n) is 12.2. The molecule has 22 heavy (non-hydrogen) atoms. The fraction of sp³-hybridized carbons (Fsp3) is 0.188. The number of rotatable bonds is 4. The van der Waals surface area contributed by atoms with Gasteiger partial charge in [0.1, 0.15) is 5.75 Å². The van der Waals surface area contributed by atoms with E-state index in [9.17, 15) is 4.79 Å². The zero-order chi connectivity index (χ0) is 16.3. The van der Waals surface area contributed by atoms with E-state index in [-0.39, 0.29) is 12.5 Å². The van der Waals surface area contributed by atoms with Gasteiger partial charge in [0.05, 0.1) is 15.7 Å². The Morgan fingerprint density at radius 3 is 2.55 bits per heavy atom. The van der Waals surface area contributed by atoms with Crippen LogP contribution in [-0.2, 0) is 4.79 Å². The van der Waals surface area contributed by atoms with Gasteiger partial charge in [0.2, 0.25) is 0 Å². The SMILES string of the molecule is Cc1cc(C)c(OCC(=O)Nc2ccc(N)cc2Cl)c(Cl)c1. The van der Waals surface area contributed by atoms with Gasteiger partial charge in [-0.2, -0.15) is 0 Å². The molecule has 0 saturated heterocycles. The third-order valence-electron chi connectivity index (χ3n) is 2.99. The molecule has 116 valence electrons. The number of ether oxygens (including phenoxy) is 1. The van der Waals surface area contributed by atoms with E-state index in [2.05, 4.69) is 5.32 Å². The second kappa shape index (κ2) is 6.90. The van der Waals surface area contributed by atoms with Gasteiger partial charge in [-0.15, -0.1) is 0 Å². The van der Waals surface area contributed by atoms with E-state index >= 15 is 0 Å². The number of amides is 1. The Hall–Kier alpha value is -1.91. The predicted molar refractivity (Wildman–Crippen MR) is 90.9 cm³/mol. The first kappa shape index (κ1) is 16.5. The van der Waals surface area contributed by atoms with Crippen molar-refractivity contribution < 1.29 is 9.53 Å². The van der Waals surface area contributed by atoms with E-state index < -0.39 is 0 Å². The summed E-state index contributed by atoms with van der Waals surface area (Å²) in [6.07, 6.45) is 0. The molecule has 0 saturated carbocycles. The molecule has 0 unspecified atom stereocenters. The van der Waals surface area contributed by atoms with Crippen molar-refractivity contribution in [3.05, 3.63) is 51.5 Å². The number of halogens is 2. The molecule has 3 N–H and O–H groups in total. The molecule has 0 spiro atoms. The number of nitrogens with two attached hydrogens (primary N) is 1. The van der Waals surface area contributed by atoms with Crippen molar-refractivity contribution >= 4 is 40.5 Å². The first-order valence-corrected chi connectivity index (χ1v) is 7.37. The van der Waals surface area contributed by atoms with E-state index in [4.69, 9.17) is 33.7 Å². The van der Waals surface area contributed by atoms with Gasteiger partial charge in [0.15, 0.2) is 6.61 Å². The van der Waals surface area contributed by atoms with Crippen molar-refractivity contribution in [3.8, 4) is 5.75 Å². The molecule has 1 amide bonds. The van der Waals surface area contributed by atoms with Crippen molar-refractivity contribution in [3.63, 3.8) is 0 Å². The van der Waals surface area contributed by atoms with Gasteiger partial charge in [-0.3, -0.25) is 4.79 Å². The highest BCUT2D eigenvalue weighted by Crippen LogP contribution is 2.30. The lowest BCUT2D eigenvalue weighted by Crippen LogP contribution is -2.20. The van der Waals surface area contributed by atoms with Crippen molar-refractivity contribution in [2.24, 2.45) is 0 Å². The quantitative estimate of drug-likeness (QED) is 0.820. The van der Waals surface area contributed by atoms with Crippen LogP contribution in [0.3, 0.4) is 0 Å². The van der Waals surface area contributed by atoms with Gasteiger partial charge >= 0.3 is 0 Å². The summed E-state index contributed by atoms with van der Waals surface area (Å²) in [5, 5.41) is 3.52. The van der Waals surface area contributed by atoms with Gasteiger partial charge in [-0.25, -0.2) is 0 Å². The highest BCUT2D eigenvalue weighted by atomic mass is 35.5. The number of carbonyl (C=O) groups excluding carboxylic acids is 1. The average Bonchev–Trinajstić information content (AvgIpc) is 2.40. The number of benzene rings is 2. The minimum atomic E-state index is -0.331. The van der Waals surface area contributed by atoms with Crippen molar-refractivity contribution in [2.75, 3.05) is 17.7 Å². The molecular formula is C16H16Cl2N2O2. The van der Waals surface area contributed by atoms with Crippen LogP contribution >= 0.6 is 23.2 Å². The Kier molecular flexibility index (Phi) is 5.16. The number of nitrogens with one attached hydrogen (secondary N) is 1. The van der Waals surface area contributed by atoms with Crippen LogP contribution in [-0.4, -0.2) is 12.5 Å². The molecule has 0 aromatic heterocycles. The van der Waals surface area contributed by atoms with E-state index in [1.54, 1.807) is 24.3 Å². The number of nitrogen functional groups attached to an aromatic ring is 1. The minimum absolute atomic E-state index is 0.162. The summed E-state index contributed by atoms with van der Waals surface area (Å²) >= 11 is 12.1. The number of aryl methyl sites for hydroxylation is 2. The van der Waals surface area contributed by atoms with Crippen LogP contribution in [0.5, 0.6) is 5.75 Å². The first-order valence-electron chi connectivity index (χ1n) is 6.61. The fourth-order valence-electron chi connectivity index (χ4n) is 2.04. The molecule has 0 aliphatic carbocycles. The zero-order valence-corrected chi connectivity index (χ0v) is 13.8. The summed E-state index contributed by atoms with van der Waals surface area (Å²) < 4.78 is 5.51. The summed E-state index contributed by atoms with van der Waals surface area (Å²) in [5.41, 5.74) is 8.53. The molecule has 0 aliphatic heterocycles. The lowest BCUT2D eigenvalue weighted by Gasteiger charge is -2.12. The smallest absolute Gasteiger partial charge is 0.262 e. The number of carbonyl (C=O) groups is 1. The molecule has 0 bridgehead atoms. The highest BCUT2D eigenvalue weighted by molar-refractivity contribution is 6.34. The summed E-state index contributed by atoms with van der Waals surface area (Å²) in [6.45, 7) is 3.66. The summed E-state index contributed by atoms with van der Waals surface area (Å²) in [7, 11) is 0. The standard InChI is InChI=1S/C16H16Cl2N2O2/c1-9-5-10(2)16(13(18)6-9)22-8-15(21)20-14-4-3-11(19)7-12(14)17/h3-7H,8,19H2,1-2H3,(H,20,21). The number of hydrogen-bond donors (Lipinski definition) is 2. The van der Waals surface area contributed by atoms with Gasteiger partial charge < -0.3 is 15.8 Å². The fourth-order valence-corrected chi connectivity index (χ4v) is 2.65. The lowest BCUT2D eigenvalue weighted by atomic mass is 10.1. The van der Waals surface area contributed by atoms with Crippen LogP contribution < -0.4 is 15.8 Å². The maximum atomic E-state index is 11.9. The normalized spacial score (nSPS) is 10.4. The molecule has 0 heterocycles. The van der Waals surface area contributed by atoms with Gasteiger partial charge in [-0.05, 0) is 49.2 Å². The van der Waals surface area contributed by atoms with Gasteiger partial charge in [0.25, 0.3) is 5.91 Å². The van der Waals surface area contributed by atoms with Crippen LogP contribution in [0.1, 0.15) is 11.1 Å². The monoisotopic (exact) mass is 338 g/mol. The molecule has 6 heteroatoms. The van der Waals surface area contributed by atoms with Crippen molar-refractivity contribution in [2.45, 2.75) is 13.8 Å². The topological polar surface area (TPSA) is 64.3 Å².